The van der Waals surface area contributed by atoms with Gasteiger partial charge in [0.2, 0.25) is 0 Å². The number of imidazole rings is 1. The van der Waals surface area contributed by atoms with E-state index in [0.717, 1.165) is 37.0 Å². The molecule has 0 unspecified atom stereocenters. The number of piperidine rings is 1. The van der Waals surface area contributed by atoms with Crippen molar-refractivity contribution in [1.82, 2.24) is 24.5 Å². The molecule has 3 aromatic heterocycles. The predicted molar refractivity (Wildman–Crippen MR) is 146 cm³/mol. The molecule has 2 aliphatic rings. The van der Waals surface area contributed by atoms with Crippen molar-refractivity contribution in [2.45, 2.75) is 65.0 Å². The number of nitrogens with zero attached hydrogens (tertiary/aromatic N) is 5. The zero-order valence-electron chi connectivity index (χ0n) is 21.9. The van der Waals surface area contributed by atoms with Gasteiger partial charge in [0.15, 0.2) is 11.5 Å². The molecule has 0 spiro atoms. The molecule has 1 aliphatic heterocycles. The third-order valence-corrected chi connectivity index (χ3v) is 7.40. The molecule has 6 rings (SSSR count). The van der Waals surface area contributed by atoms with Crippen LogP contribution in [0.25, 0.3) is 16.6 Å². The molecule has 2 N–H and O–H groups in total. The van der Waals surface area contributed by atoms with Gasteiger partial charge in [-0.1, -0.05) is 25.7 Å². The first-order valence-corrected chi connectivity index (χ1v) is 13.4. The highest BCUT2D eigenvalue weighted by atomic mass is 19.1. The molecule has 9 heteroatoms. The molecule has 1 saturated carbocycles. The molecule has 37 heavy (non-hydrogen) atoms. The number of carbonyl (C=O) groups is 1. The number of hydrogen-bond donors (Lipinski definition) is 2. The third-order valence-electron chi connectivity index (χ3n) is 7.40. The van der Waals surface area contributed by atoms with Crippen molar-refractivity contribution in [3.05, 3.63) is 53.9 Å². The van der Waals surface area contributed by atoms with Gasteiger partial charge < -0.3 is 19.9 Å². The molecule has 2 fully saturated rings. The van der Waals surface area contributed by atoms with Gasteiger partial charge >= 0.3 is 0 Å². The summed E-state index contributed by atoms with van der Waals surface area (Å²) in [6, 6.07) is 5.65. The fraction of sp³-hybridized carbons (Fsp3) is 0.464. The van der Waals surface area contributed by atoms with Crippen LogP contribution in [0.4, 0.5) is 15.8 Å². The Morgan fingerprint density at radius 2 is 1.84 bits per heavy atom. The molecule has 1 saturated heterocycles. The Morgan fingerprint density at radius 3 is 2.49 bits per heavy atom. The van der Waals surface area contributed by atoms with Crippen molar-refractivity contribution < 1.29 is 9.18 Å². The van der Waals surface area contributed by atoms with Gasteiger partial charge in [-0.2, -0.15) is 5.10 Å². The summed E-state index contributed by atoms with van der Waals surface area (Å²) in [5.41, 5.74) is 3.52. The second-order valence-corrected chi connectivity index (χ2v) is 9.99. The van der Waals surface area contributed by atoms with Crippen molar-refractivity contribution in [3.8, 4) is 0 Å². The smallest absolute Gasteiger partial charge is 0.257 e. The molecule has 0 atom stereocenters. The Hall–Kier alpha value is -3.46. The summed E-state index contributed by atoms with van der Waals surface area (Å²) in [5, 5.41) is 11.8. The highest BCUT2D eigenvalue weighted by Crippen LogP contribution is 2.31. The number of halogens is 1. The van der Waals surface area contributed by atoms with Gasteiger partial charge in [0.1, 0.15) is 5.52 Å². The highest BCUT2D eigenvalue weighted by molar-refractivity contribution is 6.13. The van der Waals surface area contributed by atoms with E-state index in [4.69, 9.17) is 0 Å². The molecule has 0 bridgehead atoms. The number of anilines is 2. The Morgan fingerprint density at radius 1 is 1.11 bits per heavy atom. The summed E-state index contributed by atoms with van der Waals surface area (Å²) in [5.74, 6) is -0.806. The first-order chi connectivity index (χ1) is 18.0. The van der Waals surface area contributed by atoms with Gasteiger partial charge in [-0.05, 0) is 45.9 Å². The van der Waals surface area contributed by atoms with E-state index in [1.807, 2.05) is 37.0 Å². The van der Waals surface area contributed by atoms with Crippen molar-refractivity contribution in [2.24, 2.45) is 0 Å². The fourth-order valence-electron chi connectivity index (χ4n) is 4.86. The van der Waals surface area contributed by atoms with Gasteiger partial charge in [0.05, 0.1) is 16.9 Å². The predicted octanol–water partition coefficient (Wildman–Crippen LogP) is 5.15. The van der Waals surface area contributed by atoms with Gasteiger partial charge in [-0.15, -0.1) is 0 Å². The number of fused-ring (bicyclic) bond motifs is 2. The summed E-state index contributed by atoms with van der Waals surface area (Å²) in [6.45, 7) is 6.43. The lowest BCUT2D eigenvalue weighted by molar-refractivity contribution is 0.102. The van der Waals surface area contributed by atoms with Crippen LogP contribution in [0, 0.1) is 12.7 Å². The molecular weight excluding hydrogens is 469 g/mol. The Labute approximate surface area is 216 Å². The Kier molecular flexibility index (Phi) is 7.41. The van der Waals surface area contributed by atoms with E-state index in [9.17, 15) is 9.18 Å². The van der Waals surface area contributed by atoms with Crippen molar-refractivity contribution in [3.63, 3.8) is 0 Å². The SMILES string of the molecule is C1CCC1.CCn1cc2c(N3CCC(NC)CC3)ccc(C(=O)Nc3cc(F)c4nc(C)cn4c3)c2n1. The number of rotatable bonds is 5. The lowest BCUT2D eigenvalue weighted by Gasteiger charge is -2.33. The van der Waals surface area contributed by atoms with E-state index in [1.165, 1.54) is 31.7 Å². The first kappa shape index (κ1) is 25.2. The minimum atomic E-state index is -0.485. The molecular formula is C28H36FN7O. The molecule has 8 nitrogen and oxygen atoms in total. The van der Waals surface area contributed by atoms with Crippen LogP contribution in [0.2, 0.25) is 0 Å². The summed E-state index contributed by atoms with van der Waals surface area (Å²) in [7, 11) is 2.01. The number of carbonyl (C=O) groups excluding carboxylic acids is 1. The second-order valence-electron chi connectivity index (χ2n) is 9.99. The van der Waals surface area contributed by atoms with E-state index in [-0.39, 0.29) is 11.6 Å². The quantitative estimate of drug-likeness (QED) is 0.392. The van der Waals surface area contributed by atoms with Crippen molar-refractivity contribution in [1.29, 1.82) is 0 Å². The second kappa shape index (κ2) is 10.9. The molecule has 4 heterocycles. The third kappa shape index (κ3) is 5.32. The number of amides is 1. The maximum Gasteiger partial charge on any atom is 0.257 e. The number of benzene rings is 1. The molecule has 1 amide bonds. The minimum Gasteiger partial charge on any atom is -0.371 e. The van der Waals surface area contributed by atoms with Crippen LogP contribution >= 0.6 is 0 Å². The summed E-state index contributed by atoms with van der Waals surface area (Å²) in [4.78, 5) is 19.7. The average molecular weight is 506 g/mol. The topological polar surface area (TPSA) is 79.5 Å². The number of hydrogen-bond acceptors (Lipinski definition) is 5. The number of aryl methyl sites for hydroxylation is 2. The first-order valence-electron chi connectivity index (χ1n) is 13.4. The van der Waals surface area contributed by atoms with Crippen LogP contribution < -0.4 is 15.5 Å². The zero-order chi connectivity index (χ0) is 25.9. The number of nitrogens with one attached hydrogen (secondary N) is 2. The van der Waals surface area contributed by atoms with E-state index in [1.54, 1.807) is 23.7 Å². The van der Waals surface area contributed by atoms with Crippen LogP contribution in [-0.4, -0.2) is 51.3 Å². The maximum atomic E-state index is 14.5. The maximum absolute atomic E-state index is 14.5. The average Bonchev–Trinajstić information content (AvgIpc) is 3.46. The molecule has 4 aromatic rings. The lowest BCUT2D eigenvalue weighted by atomic mass is 10.0. The number of aromatic nitrogens is 4. The lowest BCUT2D eigenvalue weighted by Crippen LogP contribution is -2.41. The Balaban J connectivity index is 0.000000640. The molecule has 1 aliphatic carbocycles. The van der Waals surface area contributed by atoms with Gasteiger partial charge in [-0.3, -0.25) is 9.48 Å². The van der Waals surface area contributed by atoms with E-state index in [0.29, 0.717) is 35.0 Å². The van der Waals surface area contributed by atoms with E-state index in [2.05, 4.69) is 25.6 Å². The normalized spacial score (nSPS) is 15.9. The summed E-state index contributed by atoms with van der Waals surface area (Å²) in [6.07, 6.45) is 13.5. The van der Waals surface area contributed by atoms with Crippen LogP contribution in [0.5, 0.6) is 0 Å². The largest absolute Gasteiger partial charge is 0.371 e. The van der Waals surface area contributed by atoms with Crippen LogP contribution in [0.3, 0.4) is 0 Å². The fourth-order valence-corrected chi connectivity index (χ4v) is 4.86. The van der Waals surface area contributed by atoms with E-state index >= 15 is 0 Å². The highest BCUT2D eigenvalue weighted by Gasteiger charge is 2.23. The summed E-state index contributed by atoms with van der Waals surface area (Å²) >= 11 is 0. The Bertz CT molecular complexity index is 1390. The zero-order valence-corrected chi connectivity index (χ0v) is 21.9. The molecule has 1 aromatic carbocycles. The summed E-state index contributed by atoms with van der Waals surface area (Å²) < 4.78 is 17.9. The van der Waals surface area contributed by atoms with Crippen LogP contribution in [-0.2, 0) is 6.54 Å². The van der Waals surface area contributed by atoms with Gasteiger partial charge in [0, 0.05) is 61.4 Å². The van der Waals surface area contributed by atoms with Crippen LogP contribution in [0.15, 0.2) is 36.8 Å². The standard InChI is InChI=1S/C24H28FN7O.C4H8/c1-4-32-14-19-21(30-9-7-16(26-3)8-10-30)6-5-18(22(19)29-32)24(33)28-17-11-20(25)23-27-15(2)12-31(23)13-17;1-2-4-3-1/h5-6,11-14,16,26H,4,7-10H2,1-3H3,(H,28,33);1-4H2. The van der Waals surface area contributed by atoms with Crippen LogP contribution in [0.1, 0.15) is 61.5 Å². The molecule has 196 valence electrons. The van der Waals surface area contributed by atoms with Gasteiger partial charge in [0.25, 0.3) is 5.91 Å². The van der Waals surface area contributed by atoms with Crippen molar-refractivity contribution >= 4 is 33.8 Å². The van der Waals surface area contributed by atoms with Crippen molar-refractivity contribution in [2.75, 3.05) is 30.4 Å². The van der Waals surface area contributed by atoms with E-state index < -0.39 is 5.82 Å². The monoisotopic (exact) mass is 505 g/mol. The van der Waals surface area contributed by atoms with Gasteiger partial charge in [-0.25, -0.2) is 9.37 Å². The molecule has 0 radical (unpaired) electrons. The minimum absolute atomic E-state index is 0.237. The number of pyridine rings is 1.